The van der Waals surface area contributed by atoms with Gasteiger partial charge >= 0.3 is 0 Å². The Labute approximate surface area is 202 Å². The normalized spacial score (nSPS) is 12.3. The van der Waals surface area contributed by atoms with Gasteiger partial charge in [0.1, 0.15) is 11.9 Å². The molecule has 0 aromatic heterocycles. The van der Waals surface area contributed by atoms with Gasteiger partial charge in [0.2, 0.25) is 21.8 Å². The van der Waals surface area contributed by atoms with Gasteiger partial charge in [0.25, 0.3) is 0 Å². The van der Waals surface area contributed by atoms with Crippen molar-refractivity contribution in [3.8, 4) is 0 Å². The highest BCUT2D eigenvalue weighted by atomic mass is 32.2. The van der Waals surface area contributed by atoms with E-state index in [1.165, 1.54) is 29.2 Å². The van der Waals surface area contributed by atoms with E-state index in [9.17, 15) is 22.4 Å². The number of aryl methyl sites for hydroxylation is 1. The minimum Gasteiger partial charge on any atom is -0.352 e. The molecule has 186 valence electrons. The quantitative estimate of drug-likeness (QED) is 0.520. The Bertz CT molecular complexity index is 1090. The summed E-state index contributed by atoms with van der Waals surface area (Å²) in [6, 6.07) is 12.1. The smallest absolute Gasteiger partial charge is 0.242 e. The van der Waals surface area contributed by atoms with Crippen molar-refractivity contribution < 1.29 is 22.4 Å². The van der Waals surface area contributed by atoms with Gasteiger partial charge in [0.15, 0.2) is 0 Å². The van der Waals surface area contributed by atoms with Crippen LogP contribution < -0.4 is 9.62 Å². The first kappa shape index (κ1) is 27.3. The highest BCUT2D eigenvalue weighted by Gasteiger charge is 2.27. The SMILES string of the molecule is Cc1ccccc1CN(C(=O)CCCN(c1ccc(F)cc1)S(C)(=O)=O)[C@@H](C)C(=O)NC(C)C. The summed E-state index contributed by atoms with van der Waals surface area (Å²) in [6.07, 6.45) is 1.37. The molecule has 0 saturated carbocycles. The Morgan fingerprint density at radius 3 is 2.21 bits per heavy atom. The number of benzene rings is 2. The molecule has 0 heterocycles. The van der Waals surface area contributed by atoms with Crippen LogP contribution in [-0.2, 0) is 26.2 Å². The monoisotopic (exact) mass is 491 g/mol. The molecule has 0 radical (unpaired) electrons. The minimum atomic E-state index is -3.62. The summed E-state index contributed by atoms with van der Waals surface area (Å²) in [5.74, 6) is -0.962. The van der Waals surface area contributed by atoms with Gasteiger partial charge < -0.3 is 10.2 Å². The van der Waals surface area contributed by atoms with Gasteiger partial charge in [-0.05, 0) is 69.5 Å². The zero-order chi connectivity index (χ0) is 25.5. The van der Waals surface area contributed by atoms with Crippen LogP contribution in [0.3, 0.4) is 0 Å². The van der Waals surface area contributed by atoms with Gasteiger partial charge in [0.05, 0.1) is 11.9 Å². The maximum atomic E-state index is 13.3. The van der Waals surface area contributed by atoms with Crippen molar-refractivity contribution >= 4 is 27.5 Å². The largest absolute Gasteiger partial charge is 0.352 e. The first-order chi connectivity index (χ1) is 15.9. The third kappa shape index (κ3) is 7.83. The molecule has 2 rings (SSSR count). The zero-order valence-corrected chi connectivity index (χ0v) is 21.2. The van der Waals surface area contributed by atoms with E-state index in [4.69, 9.17) is 0 Å². The van der Waals surface area contributed by atoms with E-state index in [1.54, 1.807) is 6.92 Å². The third-order valence-electron chi connectivity index (χ3n) is 5.47. The molecule has 34 heavy (non-hydrogen) atoms. The Balaban J connectivity index is 2.17. The average molecular weight is 492 g/mol. The first-order valence-corrected chi connectivity index (χ1v) is 13.1. The van der Waals surface area contributed by atoms with Crippen LogP contribution in [-0.4, -0.2) is 50.0 Å². The van der Waals surface area contributed by atoms with Gasteiger partial charge in [0, 0.05) is 25.6 Å². The number of nitrogens with zero attached hydrogens (tertiary/aromatic N) is 2. The number of halogens is 1. The zero-order valence-electron chi connectivity index (χ0n) is 20.4. The van der Waals surface area contributed by atoms with Crippen LogP contribution in [0.25, 0.3) is 0 Å². The second-order valence-corrected chi connectivity index (χ2v) is 10.6. The third-order valence-corrected chi connectivity index (χ3v) is 6.66. The van der Waals surface area contributed by atoms with Crippen molar-refractivity contribution in [2.75, 3.05) is 17.1 Å². The molecule has 0 saturated heterocycles. The molecule has 2 aromatic carbocycles. The number of sulfonamides is 1. The van der Waals surface area contributed by atoms with Crippen LogP contribution in [0.15, 0.2) is 48.5 Å². The van der Waals surface area contributed by atoms with Crippen molar-refractivity contribution in [3.05, 3.63) is 65.5 Å². The Kier molecular flexibility index (Phi) is 9.61. The van der Waals surface area contributed by atoms with Crippen LogP contribution in [0.5, 0.6) is 0 Å². The molecular weight excluding hydrogens is 457 g/mol. The molecule has 2 amide bonds. The van der Waals surface area contributed by atoms with E-state index >= 15 is 0 Å². The number of carbonyl (C=O) groups excluding carboxylic acids is 2. The van der Waals surface area contributed by atoms with Crippen LogP contribution in [0.2, 0.25) is 0 Å². The fraction of sp³-hybridized carbons (Fsp3) is 0.440. The number of hydrogen-bond donors (Lipinski definition) is 1. The van der Waals surface area contributed by atoms with Gasteiger partial charge in [-0.3, -0.25) is 13.9 Å². The number of hydrogen-bond acceptors (Lipinski definition) is 4. The Morgan fingerprint density at radius 2 is 1.65 bits per heavy atom. The molecule has 0 fully saturated rings. The predicted molar refractivity (Wildman–Crippen MR) is 132 cm³/mol. The van der Waals surface area contributed by atoms with Gasteiger partial charge in [-0.25, -0.2) is 12.8 Å². The van der Waals surface area contributed by atoms with Crippen molar-refractivity contribution in [1.82, 2.24) is 10.2 Å². The molecule has 0 spiro atoms. The number of carbonyl (C=O) groups is 2. The molecule has 1 atom stereocenters. The summed E-state index contributed by atoms with van der Waals surface area (Å²) < 4.78 is 39.0. The molecule has 2 aromatic rings. The topological polar surface area (TPSA) is 86.8 Å². The van der Waals surface area contributed by atoms with Crippen LogP contribution >= 0.6 is 0 Å². The summed E-state index contributed by atoms with van der Waals surface area (Å²) in [5.41, 5.74) is 2.28. The molecule has 0 aliphatic rings. The minimum absolute atomic E-state index is 0.0540. The summed E-state index contributed by atoms with van der Waals surface area (Å²) in [6.45, 7) is 7.67. The Morgan fingerprint density at radius 1 is 1.03 bits per heavy atom. The number of anilines is 1. The second-order valence-electron chi connectivity index (χ2n) is 8.70. The lowest BCUT2D eigenvalue weighted by atomic mass is 10.1. The van der Waals surface area contributed by atoms with E-state index in [0.717, 1.165) is 21.7 Å². The summed E-state index contributed by atoms with van der Waals surface area (Å²) in [5, 5.41) is 2.85. The lowest BCUT2D eigenvalue weighted by molar-refractivity contribution is -0.140. The Hall–Kier alpha value is -2.94. The van der Waals surface area contributed by atoms with Gasteiger partial charge in [-0.2, -0.15) is 0 Å². The van der Waals surface area contributed by atoms with Crippen LogP contribution in [0.1, 0.15) is 44.7 Å². The summed E-state index contributed by atoms with van der Waals surface area (Å²) in [4.78, 5) is 27.4. The highest BCUT2D eigenvalue weighted by molar-refractivity contribution is 7.92. The molecule has 1 N–H and O–H groups in total. The summed E-state index contributed by atoms with van der Waals surface area (Å²) in [7, 11) is -3.62. The summed E-state index contributed by atoms with van der Waals surface area (Å²) >= 11 is 0. The van der Waals surface area contributed by atoms with Crippen molar-refractivity contribution in [2.24, 2.45) is 0 Å². The highest BCUT2D eigenvalue weighted by Crippen LogP contribution is 2.20. The van der Waals surface area contributed by atoms with E-state index < -0.39 is 21.9 Å². The van der Waals surface area contributed by atoms with E-state index in [0.29, 0.717) is 5.69 Å². The lowest BCUT2D eigenvalue weighted by Crippen LogP contribution is -2.49. The lowest BCUT2D eigenvalue weighted by Gasteiger charge is -2.30. The fourth-order valence-electron chi connectivity index (χ4n) is 3.57. The average Bonchev–Trinajstić information content (AvgIpc) is 2.75. The standard InChI is InChI=1S/C25H34FN3O4S/c1-18(2)27-25(31)20(4)28(17-21-10-7-6-9-19(21)3)24(30)11-8-16-29(34(5,32)33)23-14-12-22(26)13-15-23/h6-7,9-10,12-15,18,20H,8,11,16-17H2,1-5H3,(H,27,31)/t20-/m0/s1. The molecular formula is C25H34FN3O4S. The first-order valence-electron chi connectivity index (χ1n) is 11.3. The van der Waals surface area contributed by atoms with Crippen molar-refractivity contribution in [1.29, 1.82) is 0 Å². The van der Waals surface area contributed by atoms with E-state index in [-0.39, 0.29) is 43.8 Å². The molecule has 0 aliphatic heterocycles. The second kappa shape index (κ2) is 12.0. The maximum Gasteiger partial charge on any atom is 0.242 e. The molecule has 9 heteroatoms. The molecule has 0 unspecified atom stereocenters. The van der Waals surface area contributed by atoms with E-state index in [2.05, 4.69) is 5.32 Å². The fourth-order valence-corrected chi connectivity index (χ4v) is 4.54. The van der Waals surface area contributed by atoms with Crippen LogP contribution in [0.4, 0.5) is 10.1 Å². The van der Waals surface area contributed by atoms with Crippen molar-refractivity contribution in [2.45, 2.75) is 59.2 Å². The van der Waals surface area contributed by atoms with Crippen LogP contribution in [0, 0.1) is 12.7 Å². The van der Waals surface area contributed by atoms with E-state index in [1.807, 2.05) is 45.0 Å². The number of nitrogens with one attached hydrogen (secondary N) is 1. The maximum absolute atomic E-state index is 13.3. The molecule has 0 bridgehead atoms. The van der Waals surface area contributed by atoms with Gasteiger partial charge in [-0.15, -0.1) is 0 Å². The number of rotatable bonds is 11. The predicted octanol–water partition coefficient (Wildman–Crippen LogP) is 3.62. The molecule has 7 nitrogen and oxygen atoms in total. The van der Waals surface area contributed by atoms with Gasteiger partial charge in [-0.1, -0.05) is 24.3 Å². The molecule has 0 aliphatic carbocycles. The van der Waals surface area contributed by atoms with Crippen molar-refractivity contribution in [3.63, 3.8) is 0 Å². The number of amides is 2.